The van der Waals surface area contributed by atoms with Crippen LogP contribution in [0.2, 0.25) is 15.1 Å². The van der Waals surface area contributed by atoms with E-state index in [4.69, 9.17) is 46.4 Å². The molecule has 5 atom stereocenters. The fourth-order valence-electron chi connectivity index (χ4n) is 4.72. The minimum Gasteiger partial charge on any atom is -0.292 e. The number of nitrogens with zero attached hydrogens (tertiary/aromatic N) is 2. The first kappa shape index (κ1) is 28.8. The standard InChI is InChI=1S/C25H20Br2Cl4N2O4/c26-18-10-16-17(11-19(18)27)25(37)33(24(16)36)32(23(35)15-6-5-14(30)9-20(15)31)21(7-8-28)22(34)12-1-3-13(29)4-2-12/h1-6,9,16-19,21H,7-8,10-11H2/t16-,17-,18+,19+,21+/m1/s1. The van der Waals surface area contributed by atoms with Crippen LogP contribution in [0.15, 0.2) is 42.5 Å². The summed E-state index contributed by atoms with van der Waals surface area (Å²) in [6, 6.07) is 9.10. The van der Waals surface area contributed by atoms with Gasteiger partial charge in [-0.2, -0.15) is 5.01 Å². The third-order valence-corrected chi connectivity index (χ3v) is 10.3. The highest BCUT2D eigenvalue weighted by atomic mass is 79.9. The maximum atomic E-state index is 14.0. The van der Waals surface area contributed by atoms with Gasteiger partial charge < -0.3 is 0 Å². The Hall–Kier alpha value is -1.16. The predicted molar refractivity (Wildman–Crippen MR) is 151 cm³/mol. The van der Waals surface area contributed by atoms with Gasteiger partial charge in [0.2, 0.25) is 0 Å². The highest BCUT2D eigenvalue weighted by molar-refractivity contribution is 9.12. The van der Waals surface area contributed by atoms with Crippen molar-refractivity contribution >= 4 is 102 Å². The first-order valence-corrected chi connectivity index (χ1v) is 14.8. The molecule has 2 fully saturated rings. The Bertz CT molecular complexity index is 1220. The molecule has 2 aliphatic rings. The molecule has 37 heavy (non-hydrogen) atoms. The van der Waals surface area contributed by atoms with Crippen LogP contribution in [0, 0.1) is 11.8 Å². The Morgan fingerprint density at radius 2 is 1.46 bits per heavy atom. The van der Waals surface area contributed by atoms with Crippen molar-refractivity contribution in [3.05, 3.63) is 68.7 Å². The fourth-order valence-corrected chi connectivity index (χ4v) is 6.78. The van der Waals surface area contributed by atoms with Crippen LogP contribution < -0.4 is 0 Å². The number of Topliss-reactive ketones (excluding diaryl/α,β-unsaturated/α-hetero) is 1. The van der Waals surface area contributed by atoms with Gasteiger partial charge in [0, 0.05) is 31.1 Å². The summed E-state index contributed by atoms with van der Waals surface area (Å²) in [7, 11) is 0. The van der Waals surface area contributed by atoms with Crippen LogP contribution in [-0.2, 0) is 9.59 Å². The Morgan fingerprint density at radius 3 is 1.97 bits per heavy atom. The van der Waals surface area contributed by atoms with Crippen molar-refractivity contribution in [2.24, 2.45) is 11.8 Å². The van der Waals surface area contributed by atoms with Gasteiger partial charge in [0.1, 0.15) is 6.04 Å². The summed E-state index contributed by atoms with van der Waals surface area (Å²) in [5.74, 6) is -3.65. The minimum atomic E-state index is -1.26. The summed E-state index contributed by atoms with van der Waals surface area (Å²) in [6.45, 7) is 0. The fraction of sp³-hybridized carbons (Fsp3) is 0.360. The second-order valence-electron chi connectivity index (χ2n) is 8.84. The number of imide groups is 1. The van der Waals surface area contributed by atoms with Gasteiger partial charge in [0.05, 0.1) is 22.4 Å². The normalized spacial score (nSPS) is 24.1. The quantitative estimate of drug-likeness (QED) is 0.180. The largest absolute Gasteiger partial charge is 0.292 e. The second kappa shape index (κ2) is 11.9. The summed E-state index contributed by atoms with van der Waals surface area (Å²) < 4.78 is 0. The number of fused-ring (bicyclic) bond motifs is 1. The molecule has 1 aliphatic heterocycles. The highest BCUT2D eigenvalue weighted by Crippen LogP contribution is 2.44. The molecular formula is C25H20Br2Cl4N2O4. The zero-order valence-corrected chi connectivity index (χ0v) is 25.2. The number of rotatable bonds is 7. The van der Waals surface area contributed by atoms with Crippen molar-refractivity contribution in [2.75, 3.05) is 5.88 Å². The van der Waals surface area contributed by atoms with Gasteiger partial charge in [-0.05, 0) is 61.7 Å². The SMILES string of the molecule is O=C(c1ccc(Cl)cc1)[C@H](CCCl)N(C(=O)c1ccc(Cl)cc1Cl)N1C(=O)[C@@H]2C[C@H](Br)[C@@H](Br)C[C@H]2C1=O. The molecule has 0 bridgehead atoms. The lowest BCUT2D eigenvalue weighted by Crippen LogP contribution is -2.57. The van der Waals surface area contributed by atoms with Crippen molar-refractivity contribution in [3.8, 4) is 0 Å². The van der Waals surface area contributed by atoms with Crippen molar-refractivity contribution in [1.29, 1.82) is 0 Å². The number of halogens is 6. The Balaban J connectivity index is 1.83. The lowest BCUT2D eigenvalue weighted by molar-refractivity contribution is -0.156. The zero-order chi connectivity index (χ0) is 27.0. The monoisotopic (exact) mass is 710 g/mol. The molecule has 2 aromatic rings. The summed E-state index contributed by atoms with van der Waals surface area (Å²) in [5.41, 5.74) is 0.235. The molecule has 2 aromatic carbocycles. The number of alkyl halides is 3. The van der Waals surface area contributed by atoms with E-state index < -0.39 is 41.4 Å². The Labute approximate surface area is 250 Å². The Kier molecular flexibility index (Phi) is 9.29. The van der Waals surface area contributed by atoms with Crippen molar-refractivity contribution in [2.45, 2.75) is 35.0 Å². The predicted octanol–water partition coefficient (Wildman–Crippen LogP) is 6.81. The average Bonchev–Trinajstić information content (AvgIpc) is 3.08. The van der Waals surface area contributed by atoms with Crippen LogP contribution >= 0.6 is 78.3 Å². The van der Waals surface area contributed by atoms with E-state index >= 15 is 0 Å². The van der Waals surface area contributed by atoms with Crippen LogP contribution in [0.25, 0.3) is 0 Å². The number of carbonyl (C=O) groups is 4. The lowest BCUT2D eigenvalue weighted by Gasteiger charge is -2.36. The molecule has 0 unspecified atom stereocenters. The van der Waals surface area contributed by atoms with Crippen LogP contribution in [0.4, 0.5) is 0 Å². The van der Waals surface area contributed by atoms with E-state index in [9.17, 15) is 19.2 Å². The molecular weight excluding hydrogens is 694 g/mol. The van der Waals surface area contributed by atoms with Gasteiger partial charge in [-0.25, -0.2) is 5.01 Å². The van der Waals surface area contributed by atoms with Crippen molar-refractivity contribution < 1.29 is 19.2 Å². The van der Waals surface area contributed by atoms with E-state index in [1.165, 1.54) is 30.3 Å². The summed E-state index contributed by atoms with van der Waals surface area (Å²) in [5, 5.41) is 2.51. The third-order valence-electron chi connectivity index (χ3n) is 6.58. The number of hydrogen-bond donors (Lipinski definition) is 0. The molecule has 4 rings (SSSR count). The van der Waals surface area contributed by atoms with Crippen LogP contribution in [0.1, 0.15) is 40.0 Å². The molecule has 0 radical (unpaired) electrons. The molecule has 0 N–H and O–H groups in total. The summed E-state index contributed by atoms with van der Waals surface area (Å²) >= 11 is 31.6. The second-order valence-corrected chi connectivity index (χ2v) is 12.9. The first-order valence-electron chi connectivity index (χ1n) is 11.3. The number of ketones is 1. The van der Waals surface area contributed by atoms with Gasteiger partial charge in [0.15, 0.2) is 5.78 Å². The van der Waals surface area contributed by atoms with Crippen LogP contribution in [0.3, 0.4) is 0 Å². The molecule has 0 spiro atoms. The number of carbonyl (C=O) groups excluding carboxylic acids is 4. The van der Waals surface area contributed by atoms with E-state index in [0.29, 0.717) is 22.9 Å². The van der Waals surface area contributed by atoms with E-state index in [0.717, 1.165) is 10.0 Å². The van der Waals surface area contributed by atoms with Crippen molar-refractivity contribution in [3.63, 3.8) is 0 Å². The van der Waals surface area contributed by atoms with Gasteiger partial charge in [-0.15, -0.1) is 11.6 Å². The van der Waals surface area contributed by atoms with E-state index in [1.807, 2.05) is 0 Å². The number of hydrazine groups is 1. The molecule has 1 aliphatic carbocycles. The minimum absolute atomic E-state index is 0.0123. The lowest BCUT2D eigenvalue weighted by atomic mass is 9.81. The molecule has 196 valence electrons. The van der Waals surface area contributed by atoms with Crippen LogP contribution in [0.5, 0.6) is 0 Å². The molecule has 1 saturated carbocycles. The smallest absolute Gasteiger partial charge is 0.275 e. The van der Waals surface area contributed by atoms with Crippen molar-refractivity contribution in [1.82, 2.24) is 10.0 Å². The Morgan fingerprint density at radius 1 is 0.919 bits per heavy atom. The third kappa shape index (κ3) is 5.75. The summed E-state index contributed by atoms with van der Waals surface area (Å²) in [4.78, 5) is 55.1. The zero-order valence-electron chi connectivity index (χ0n) is 19.1. The van der Waals surface area contributed by atoms with E-state index in [2.05, 4.69) is 31.9 Å². The first-order chi connectivity index (χ1) is 17.5. The molecule has 0 aromatic heterocycles. The van der Waals surface area contributed by atoms with E-state index in [-0.39, 0.29) is 38.1 Å². The van der Waals surface area contributed by atoms with Gasteiger partial charge in [0.25, 0.3) is 17.7 Å². The molecule has 6 nitrogen and oxygen atoms in total. The molecule has 1 saturated heterocycles. The summed E-state index contributed by atoms with van der Waals surface area (Å²) in [6.07, 6.45) is 0.780. The maximum absolute atomic E-state index is 14.0. The average molecular weight is 714 g/mol. The van der Waals surface area contributed by atoms with Gasteiger partial charge in [-0.1, -0.05) is 66.7 Å². The maximum Gasteiger partial charge on any atom is 0.275 e. The molecule has 1 heterocycles. The highest BCUT2D eigenvalue weighted by Gasteiger charge is 2.56. The number of hydrogen-bond acceptors (Lipinski definition) is 4. The van der Waals surface area contributed by atoms with Gasteiger partial charge >= 0.3 is 0 Å². The number of amides is 3. The molecule has 12 heteroatoms. The van der Waals surface area contributed by atoms with Gasteiger partial charge in [-0.3, -0.25) is 19.2 Å². The number of benzene rings is 2. The van der Waals surface area contributed by atoms with Crippen LogP contribution in [-0.4, -0.2) is 55.1 Å². The topological polar surface area (TPSA) is 74.8 Å². The van der Waals surface area contributed by atoms with E-state index in [1.54, 1.807) is 12.1 Å². The molecule has 3 amide bonds.